The van der Waals surface area contributed by atoms with E-state index in [1.54, 1.807) is 6.07 Å². The lowest BCUT2D eigenvalue weighted by Crippen LogP contribution is -2.32. The van der Waals surface area contributed by atoms with E-state index in [2.05, 4.69) is 15.9 Å². The van der Waals surface area contributed by atoms with E-state index in [1.165, 1.54) is 18.2 Å². The maximum atomic E-state index is 12.8. The van der Waals surface area contributed by atoms with Gasteiger partial charge < -0.3 is 10.2 Å². The van der Waals surface area contributed by atoms with Crippen molar-refractivity contribution in [2.24, 2.45) is 0 Å². The summed E-state index contributed by atoms with van der Waals surface area (Å²) in [4.78, 5) is 0. The quantitative estimate of drug-likeness (QED) is 0.795. The molecular weight excluding hydrogens is 239 g/mol. The second-order valence-electron chi connectivity index (χ2n) is 2.83. The summed E-state index contributed by atoms with van der Waals surface area (Å²) in [6.07, 6.45) is 0. The molecule has 13 heavy (non-hydrogen) atoms. The van der Waals surface area contributed by atoms with Crippen molar-refractivity contribution in [3.8, 4) is 0 Å². The number of benzene rings is 1. The van der Waals surface area contributed by atoms with E-state index in [0.717, 1.165) is 0 Å². The summed E-state index contributed by atoms with van der Waals surface area (Å²) in [6.45, 7) is -0.443. The van der Waals surface area contributed by atoms with Gasteiger partial charge in [-0.2, -0.15) is 0 Å². The summed E-state index contributed by atoms with van der Waals surface area (Å²) in [6, 6.07) is 5.56. The van der Waals surface area contributed by atoms with Crippen LogP contribution in [-0.2, 0) is 5.60 Å². The second-order valence-corrected chi connectivity index (χ2v) is 3.39. The number of hydrogen-bond acceptors (Lipinski definition) is 2. The molecule has 0 amide bonds. The number of aliphatic hydroxyl groups excluding tert-OH is 1. The summed E-state index contributed by atoms with van der Waals surface area (Å²) in [5, 5.41) is 18.9. The third-order valence-electron chi connectivity index (χ3n) is 1.84. The van der Waals surface area contributed by atoms with Gasteiger partial charge in [-0.3, -0.25) is 0 Å². The van der Waals surface area contributed by atoms with Gasteiger partial charge in [0.15, 0.2) is 0 Å². The summed E-state index contributed by atoms with van der Waals surface area (Å²) >= 11 is 3.06. The number of hydrogen-bond donors (Lipinski definition) is 2. The number of alkyl halides is 1. The normalized spacial score (nSPS) is 15.4. The summed E-state index contributed by atoms with van der Waals surface area (Å²) in [5.41, 5.74) is -1.03. The van der Waals surface area contributed by atoms with E-state index in [-0.39, 0.29) is 5.33 Å². The Morgan fingerprint density at radius 1 is 1.46 bits per heavy atom. The molecule has 2 N–H and O–H groups in total. The van der Waals surface area contributed by atoms with Gasteiger partial charge in [0, 0.05) is 5.33 Å². The van der Waals surface area contributed by atoms with Gasteiger partial charge in [0.05, 0.1) is 6.61 Å². The van der Waals surface area contributed by atoms with Crippen LogP contribution in [0.4, 0.5) is 4.39 Å². The molecule has 0 fully saturated rings. The highest BCUT2D eigenvalue weighted by Gasteiger charge is 2.27. The van der Waals surface area contributed by atoms with Crippen molar-refractivity contribution in [2.45, 2.75) is 5.60 Å². The van der Waals surface area contributed by atoms with Crippen LogP contribution in [-0.4, -0.2) is 22.2 Å². The molecule has 0 aliphatic rings. The summed E-state index contributed by atoms with van der Waals surface area (Å²) < 4.78 is 12.8. The van der Waals surface area contributed by atoms with Gasteiger partial charge >= 0.3 is 0 Å². The monoisotopic (exact) mass is 248 g/mol. The Morgan fingerprint density at radius 3 is 2.62 bits per heavy atom. The largest absolute Gasteiger partial charge is 0.393 e. The Labute approximate surface area is 84.1 Å². The highest BCUT2D eigenvalue weighted by atomic mass is 79.9. The Kier molecular flexibility index (Phi) is 3.41. The molecule has 0 heterocycles. The molecule has 0 aliphatic heterocycles. The van der Waals surface area contributed by atoms with Crippen molar-refractivity contribution in [1.82, 2.24) is 0 Å². The third-order valence-corrected chi connectivity index (χ3v) is 2.77. The first kappa shape index (κ1) is 10.6. The molecule has 72 valence electrons. The highest BCUT2D eigenvalue weighted by molar-refractivity contribution is 9.09. The van der Waals surface area contributed by atoms with Gasteiger partial charge in [-0.05, 0) is 17.7 Å². The van der Waals surface area contributed by atoms with Crippen LogP contribution in [0.1, 0.15) is 5.56 Å². The molecule has 0 aliphatic carbocycles. The van der Waals surface area contributed by atoms with E-state index in [1.807, 2.05) is 0 Å². The molecule has 0 aromatic heterocycles. The minimum atomic E-state index is -1.40. The van der Waals surface area contributed by atoms with Crippen molar-refractivity contribution >= 4 is 15.9 Å². The fraction of sp³-hybridized carbons (Fsp3) is 0.333. The summed E-state index contributed by atoms with van der Waals surface area (Å²) in [7, 11) is 0. The zero-order valence-electron chi connectivity index (χ0n) is 6.87. The van der Waals surface area contributed by atoms with E-state index in [0.29, 0.717) is 5.56 Å². The van der Waals surface area contributed by atoms with Gasteiger partial charge in [-0.25, -0.2) is 4.39 Å². The van der Waals surface area contributed by atoms with Gasteiger partial charge in [0.1, 0.15) is 11.4 Å². The van der Waals surface area contributed by atoms with Gasteiger partial charge in [-0.15, -0.1) is 0 Å². The predicted molar refractivity (Wildman–Crippen MR) is 51.2 cm³/mol. The molecule has 0 radical (unpaired) electrons. The third kappa shape index (κ3) is 2.27. The standard InChI is InChI=1S/C9H10BrFO2/c10-5-9(13,6-12)7-2-1-3-8(11)4-7/h1-4,12-13H,5-6H2/t9-/m1/s1. The molecule has 1 aromatic carbocycles. The molecule has 4 heteroatoms. The Bertz CT molecular complexity index is 287. The molecule has 0 unspecified atom stereocenters. The summed E-state index contributed by atoms with van der Waals surface area (Å²) in [5.74, 6) is -0.426. The first-order valence-corrected chi connectivity index (χ1v) is 4.90. The van der Waals surface area contributed by atoms with Crippen LogP contribution in [0.5, 0.6) is 0 Å². The van der Waals surface area contributed by atoms with E-state index < -0.39 is 18.0 Å². The smallest absolute Gasteiger partial charge is 0.123 e. The Morgan fingerprint density at radius 2 is 2.15 bits per heavy atom. The molecule has 0 saturated heterocycles. The molecule has 1 aromatic rings. The average molecular weight is 249 g/mol. The molecule has 1 atom stereocenters. The van der Waals surface area contributed by atoms with Crippen molar-refractivity contribution in [2.75, 3.05) is 11.9 Å². The van der Waals surface area contributed by atoms with Gasteiger partial charge in [0.2, 0.25) is 0 Å². The van der Waals surface area contributed by atoms with Crippen molar-refractivity contribution in [3.63, 3.8) is 0 Å². The molecule has 1 rings (SSSR count). The topological polar surface area (TPSA) is 40.5 Å². The van der Waals surface area contributed by atoms with E-state index in [4.69, 9.17) is 5.11 Å². The van der Waals surface area contributed by atoms with Crippen LogP contribution in [0.15, 0.2) is 24.3 Å². The van der Waals surface area contributed by atoms with Gasteiger partial charge in [-0.1, -0.05) is 28.1 Å². The molecule has 0 saturated carbocycles. The lowest BCUT2D eigenvalue weighted by molar-refractivity contribution is 0.00298. The van der Waals surface area contributed by atoms with Crippen LogP contribution in [0.2, 0.25) is 0 Å². The van der Waals surface area contributed by atoms with Crippen LogP contribution < -0.4 is 0 Å². The Hall–Kier alpha value is -0.450. The average Bonchev–Trinajstić information content (AvgIpc) is 2.17. The first-order valence-electron chi connectivity index (χ1n) is 3.77. The Balaban J connectivity index is 3.05. The second kappa shape index (κ2) is 4.17. The fourth-order valence-electron chi connectivity index (χ4n) is 0.989. The maximum absolute atomic E-state index is 12.8. The fourth-order valence-corrected chi connectivity index (χ4v) is 1.49. The lowest BCUT2D eigenvalue weighted by atomic mass is 9.97. The van der Waals surface area contributed by atoms with Gasteiger partial charge in [0.25, 0.3) is 0 Å². The molecule has 2 nitrogen and oxygen atoms in total. The van der Waals surface area contributed by atoms with E-state index >= 15 is 0 Å². The van der Waals surface area contributed by atoms with Crippen LogP contribution in [0.3, 0.4) is 0 Å². The first-order chi connectivity index (χ1) is 6.12. The lowest BCUT2D eigenvalue weighted by Gasteiger charge is -2.23. The van der Waals surface area contributed by atoms with Crippen LogP contribution in [0, 0.1) is 5.82 Å². The molecular formula is C9H10BrFO2. The minimum absolute atomic E-state index is 0.167. The number of rotatable bonds is 3. The molecule has 0 spiro atoms. The zero-order chi connectivity index (χ0) is 9.90. The number of aliphatic hydroxyl groups is 2. The van der Waals surface area contributed by atoms with Crippen molar-refractivity contribution in [1.29, 1.82) is 0 Å². The SMILES string of the molecule is OC[C@](O)(CBr)c1cccc(F)c1. The van der Waals surface area contributed by atoms with Crippen molar-refractivity contribution < 1.29 is 14.6 Å². The van der Waals surface area contributed by atoms with Crippen LogP contribution in [0.25, 0.3) is 0 Å². The van der Waals surface area contributed by atoms with Crippen molar-refractivity contribution in [3.05, 3.63) is 35.6 Å². The minimum Gasteiger partial charge on any atom is -0.393 e. The molecule has 0 bridgehead atoms. The zero-order valence-corrected chi connectivity index (χ0v) is 8.46. The number of halogens is 2. The highest BCUT2D eigenvalue weighted by Crippen LogP contribution is 2.23. The predicted octanol–water partition coefficient (Wildman–Crippen LogP) is 1.40. The maximum Gasteiger partial charge on any atom is 0.123 e. The van der Waals surface area contributed by atoms with Crippen LogP contribution >= 0.6 is 15.9 Å². The van der Waals surface area contributed by atoms with E-state index in [9.17, 15) is 9.50 Å².